The van der Waals surface area contributed by atoms with Crippen LogP contribution in [-0.2, 0) is 15.7 Å². The minimum atomic E-state index is -4.61. The first-order valence-corrected chi connectivity index (χ1v) is 7.68. The molecule has 1 unspecified atom stereocenters. The summed E-state index contributed by atoms with van der Waals surface area (Å²) in [6.07, 6.45) is -3.99. The fourth-order valence-corrected chi connectivity index (χ4v) is 2.52. The van der Waals surface area contributed by atoms with Crippen LogP contribution in [0.15, 0.2) is 30.5 Å². The first-order chi connectivity index (χ1) is 12.6. The lowest BCUT2D eigenvalue weighted by atomic mass is 9.99. The Bertz CT molecular complexity index is 837. The van der Waals surface area contributed by atoms with Crippen molar-refractivity contribution in [2.75, 3.05) is 13.7 Å². The van der Waals surface area contributed by atoms with Crippen molar-refractivity contribution in [1.29, 1.82) is 0 Å². The fourth-order valence-electron chi connectivity index (χ4n) is 2.52. The molecule has 0 radical (unpaired) electrons. The minimum absolute atomic E-state index is 0.0872. The molecule has 0 aliphatic rings. The van der Waals surface area contributed by atoms with Gasteiger partial charge in [-0.25, -0.2) is 4.68 Å². The van der Waals surface area contributed by atoms with Crippen molar-refractivity contribution in [1.82, 2.24) is 20.3 Å². The van der Waals surface area contributed by atoms with Gasteiger partial charge in [0.1, 0.15) is 0 Å². The number of carboxylic acids is 1. The highest BCUT2D eigenvalue weighted by Gasteiger charge is 2.34. The number of carboxylic acid groups (broad SMARTS) is 1. The van der Waals surface area contributed by atoms with Crippen molar-refractivity contribution in [2.45, 2.75) is 25.1 Å². The van der Waals surface area contributed by atoms with Crippen LogP contribution in [0.25, 0.3) is 5.69 Å². The predicted molar refractivity (Wildman–Crippen MR) is 86.4 cm³/mol. The Labute approximate surface area is 151 Å². The summed E-state index contributed by atoms with van der Waals surface area (Å²) in [5.41, 5.74) is -2.72. The average molecular weight is 386 g/mol. The Morgan fingerprint density at radius 1 is 1.30 bits per heavy atom. The lowest BCUT2D eigenvalue weighted by molar-refractivity contribution is -0.139. The number of nitrogens with zero attached hydrogens (tertiary/aromatic N) is 3. The van der Waals surface area contributed by atoms with Gasteiger partial charge in [0.25, 0.3) is 5.91 Å². The Kier molecular flexibility index (Phi) is 5.84. The van der Waals surface area contributed by atoms with E-state index in [-0.39, 0.29) is 18.0 Å². The number of halogens is 3. The second kappa shape index (κ2) is 7.74. The third-order valence-electron chi connectivity index (χ3n) is 3.60. The standard InChI is InChI=1S/C16H17F3N4O4/c1-15(9-27-2,7-13(24)25)20-14(26)11-8-23(22-21-11)12-6-4-3-5-10(12)16(17,18)19/h3-6,8H,7,9H2,1-2H3,(H,20,26)(H,24,25). The Morgan fingerprint density at radius 2 is 1.96 bits per heavy atom. The summed E-state index contributed by atoms with van der Waals surface area (Å²) in [6.45, 7) is 1.38. The molecule has 146 valence electrons. The third kappa shape index (κ3) is 5.03. The monoisotopic (exact) mass is 386 g/mol. The number of amides is 1. The molecule has 1 aromatic carbocycles. The van der Waals surface area contributed by atoms with E-state index in [1.54, 1.807) is 0 Å². The molecule has 8 nitrogen and oxygen atoms in total. The summed E-state index contributed by atoms with van der Waals surface area (Å²) in [4.78, 5) is 23.3. The largest absolute Gasteiger partial charge is 0.481 e. The summed E-state index contributed by atoms with van der Waals surface area (Å²) in [5.74, 6) is -1.94. The maximum atomic E-state index is 13.1. The van der Waals surface area contributed by atoms with Gasteiger partial charge in [-0.15, -0.1) is 5.10 Å². The summed E-state index contributed by atoms with van der Waals surface area (Å²) in [5, 5.41) is 18.6. The van der Waals surface area contributed by atoms with Gasteiger partial charge in [0.05, 0.1) is 36.0 Å². The van der Waals surface area contributed by atoms with Crippen molar-refractivity contribution in [2.24, 2.45) is 0 Å². The number of ether oxygens (including phenoxy) is 1. The second-order valence-corrected chi connectivity index (χ2v) is 6.08. The van der Waals surface area contributed by atoms with Gasteiger partial charge in [0, 0.05) is 7.11 Å². The molecule has 2 rings (SSSR count). The molecule has 0 aliphatic heterocycles. The molecule has 0 fully saturated rings. The van der Waals surface area contributed by atoms with E-state index in [0.717, 1.165) is 16.9 Å². The quantitative estimate of drug-likeness (QED) is 0.753. The number of para-hydroxylation sites is 1. The van der Waals surface area contributed by atoms with Crippen LogP contribution >= 0.6 is 0 Å². The number of nitrogens with one attached hydrogen (secondary N) is 1. The predicted octanol–water partition coefficient (Wildman–Crippen LogP) is 1.90. The van der Waals surface area contributed by atoms with Gasteiger partial charge in [-0.3, -0.25) is 9.59 Å². The SMILES string of the molecule is COCC(C)(CC(=O)O)NC(=O)c1cn(-c2ccccc2C(F)(F)F)nn1. The van der Waals surface area contributed by atoms with E-state index in [1.165, 1.54) is 32.2 Å². The molecule has 0 saturated carbocycles. The van der Waals surface area contributed by atoms with Crippen molar-refractivity contribution in [3.63, 3.8) is 0 Å². The van der Waals surface area contributed by atoms with Gasteiger partial charge in [-0.05, 0) is 19.1 Å². The maximum Gasteiger partial charge on any atom is 0.418 e. The number of hydrogen-bond acceptors (Lipinski definition) is 5. The van der Waals surface area contributed by atoms with Crippen molar-refractivity contribution in [3.05, 3.63) is 41.7 Å². The van der Waals surface area contributed by atoms with E-state index in [9.17, 15) is 22.8 Å². The van der Waals surface area contributed by atoms with Gasteiger partial charge < -0.3 is 15.2 Å². The molecule has 11 heteroatoms. The van der Waals surface area contributed by atoms with E-state index in [2.05, 4.69) is 15.6 Å². The van der Waals surface area contributed by atoms with Crippen LogP contribution in [0.2, 0.25) is 0 Å². The molecule has 1 heterocycles. The van der Waals surface area contributed by atoms with Gasteiger partial charge in [0.15, 0.2) is 5.69 Å². The van der Waals surface area contributed by atoms with Gasteiger partial charge in [-0.1, -0.05) is 17.3 Å². The van der Waals surface area contributed by atoms with E-state index < -0.39 is 35.6 Å². The molecule has 0 spiro atoms. The molecule has 1 aromatic heterocycles. The number of carbonyl (C=O) groups is 2. The summed E-state index contributed by atoms with van der Waals surface area (Å²) < 4.78 is 45.1. The van der Waals surface area contributed by atoms with Crippen LogP contribution in [0, 0.1) is 0 Å². The zero-order valence-electron chi connectivity index (χ0n) is 14.4. The van der Waals surface area contributed by atoms with Crippen LogP contribution in [0.4, 0.5) is 13.2 Å². The molecule has 1 atom stereocenters. The highest BCUT2D eigenvalue weighted by atomic mass is 19.4. The zero-order chi connectivity index (χ0) is 20.2. The number of aliphatic carboxylic acids is 1. The smallest absolute Gasteiger partial charge is 0.418 e. The van der Waals surface area contributed by atoms with Gasteiger partial charge >= 0.3 is 12.1 Å². The van der Waals surface area contributed by atoms with Gasteiger partial charge in [0.2, 0.25) is 0 Å². The van der Waals surface area contributed by atoms with Crippen LogP contribution in [-0.4, -0.2) is 51.2 Å². The maximum absolute atomic E-state index is 13.1. The number of benzene rings is 1. The molecule has 0 saturated heterocycles. The minimum Gasteiger partial charge on any atom is -0.481 e. The average Bonchev–Trinajstić information content (AvgIpc) is 3.03. The summed E-state index contributed by atoms with van der Waals surface area (Å²) in [7, 11) is 1.34. The zero-order valence-corrected chi connectivity index (χ0v) is 14.4. The van der Waals surface area contributed by atoms with Crippen molar-refractivity contribution < 1.29 is 32.6 Å². The van der Waals surface area contributed by atoms with E-state index in [1.807, 2.05) is 0 Å². The molecular weight excluding hydrogens is 369 g/mol. The van der Waals surface area contributed by atoms with Gasteiger partial charge in [-0.2, -0.15) is 13.2 Å². The second-order valence-electron chi connectivity index (χ2n) is 6.08. The Balaban J connectivity index is 2.28. The molecule has 27 heavy (non-hydrogen) atoms. The summed E-state index contributed by atoms with van der Waals surface area (Å²) >= 11 is 0. The third-order valence-corrected chi connectivity index (χ3v) is 3.60. The molecule has 0 aliphatic carbocycles. The summed E-state index contributed by atoms with van der Waals surface area (Å²) in [6, 6.07) is 4.71. The molecular formula is C16H17F3N4O4. The number of rotatable bonds is 7. The molecule has 2 aromatic rings. The number of methoxy groups -OCH3 is 1. The molecule has 1 amide bonds. The lowest BCUT2D eigenvalue weighted by Gasteiger charge is -2.27. The highest BCUT2D eigenvalue weighted by Crippen LogP contribution is 2.33. The number of alkyl halides is 3. The van der Waals surface area contributed by atoms with E-state index in [0.29, 0.717) is 0 Å². The number of carbonyl (C=O) groups excluding carboxylic acids is 1. The molecule has 2 N–H and O–H groups in total. The fraction of sp³-hybridized carbons (Fsp3) is 0.375. The van der Waals surface area contributed by atoms with Crippen LogP contribution in [0.3, 0.4) is 0 Å². The number of aromatic nitrogens is 3. The number of hydrogen-bond donors (Lipinski definition) is 2. The molecule has 0 bridgehead atoms. The Hall–Kier alpha value is -2.95. The van der Waals surface area contributed by atoms with Crippen molar-refractivity contribution >= 4 is 11.9 Å². The normalized spacial score (nSPS) is 13.8. The highest BCUT2D eigenvalue weighted by molar-refractivity contribution is 5.92. The first kappa shape index (κ1) is 20.4. The van der Waals surface area contributed by atoms with Crippen LogP contribution in [0.5, 0.6) is 0 Å². The first-order valence-electron chi connectivity index (χ1n) is 7.68. The lowest BCUT2D eigenvalue weighted by Crippen LogP contribution is -2.50. The van der Waals surface area contributed by atoms with Crippen LogP contribution in [0.1, 0.15) is 29.4 Å². The van der Waals surface area contributed by atoms with E-state index in [4.69, 9.17) is 9.84 Å². The van der Waals surface area contributed by atoms with Crippen molar-refractivity contribution in [3.8, 4) is 5.69 Å². The van der Waals surface area contributed by atoms with Crippen LogP contribution < -0.4 is 5.32 Å². The topological polar surface area (TPSA) is 106 Å². The Morgan fingerprint density at radius 3 is 2.56 bits per heavy atom. The van der Waals surface area contributed by atoms with E-state index >= 15 is 0 Å².